The van der Waals surface area contributed by atoms with E-state index in [1.165, 1.54) is 21.3 Å². The minimum atomic E-state index is -0.415. The molecule has 0 spiro atoms. The number of carbonyl (C=O) groups is 2. The van der Waals surface area contributed by atoms with Crippen molar-refractivity contribution in [1.29, 1.82) is 0 Å². The number of nitrogens with zero attached hydrogens (tertiary/aromatic N) is 1. The van der Waals surface area contributed by atoms with Crippen LogP contribution in [-0.4, -0.2) is 38.0 Å². The maximum absolute atomic E-state index is 12.6. The van der Waals surface area contributed by atoms with Gasteiger partial charge in [-0.3, -0.25) is 14.5 Å². The van der Waals surface area contributed by atoms with Crippen LogP contribution in [0.5, 0.6) is 11.5 Å². The molecule has 0 radical (unpaired) electrons. The second-order valence-corrected chi connectivity index (χ2v) is 6.09. The zero-order chi connectivity index (χ0) is 18.8. The third-order valence-corrected chi connectivity index (χ3v) is 4.29. The molecule has 7 heteroatoms. The Balaban J connectivity index is 2.08. The first kappa shape index (κ1) is 17.8. The molecule has 1 heterocycles. The molecular weight excluding hydrogens is 356 g/mol. The van der Waals surface area contributed by atoms with Crippen molar-refractivity contribution in [2.24, 2.45) is 0 Å². The number of amides is 2. The Hall–Kier alpha value is -2.99. The van der Waals surface area contributed by atoms with E-state index in [1.807, 2.05) is 0 Å². The molecule has 1 aliphatic heterocycles. The lowest BCUT2D eigenvalue weighted by Gasteiger charge is -2.12. The number of anilines is 1. The highest BCUT2D eigenvalue weighted by Gasteiger charge is 2.36. The smallest absolute Gasteiger partial charge is 0.277 e. The maximum atomic E-state index is 12.6. The molecule has 0 bridgehead atoms. The highest BCUT2D eigenvalue weighted by Crippen LogP contribution is 2.32. The molecule has 6 nitrogen and oxygen atoms in total. The Bertz CT molecular complexity index is 884. The first-order valence-corrected chi connectivity index (χ1v) is 8.15. The zero-order valence-electron chi connectivity index (χ0n) is 14.5. The third-order valence-electron chi connectivity index (χ3n) is 4.04. The number of nitrogens with one attached hydrogen (secondary N) is 1. The molecule has 2 amide bonds. The second-order valence-electron chi connectivity index (χ2n) is 5.65. The van der Waals surface area contributed by atoms with E-state index in [2.05, 4.69) is 5.32 Å². The Morgan fingerprint density at radius 2 is 1.50 bits per heavy atom. The fourth-order valence-electron chi connectivity index (χ4n) is 2.67. The van der Waals surface area contributed by atoms with Gasteiger partial charge in [0, 0.05) is 36.0 Å². The molecule has 0 fully saturated rings. The molecule has 1 N–H and O–H groups in total. The number of hydrogen-bond acceptors (Lipinski definition) is 5. The van der Waals surface area contributed by atoms with E-state index in [0.29, 0.717) is 27.8 Å². The van der Waals surface area contributed by atoms with Crippen molar-refractivity contribution in [1.82, 2.24) is 4.90 Å². The summed E-state index contributed by atoms with van der Waals surface area (Å²) in [6.45, 7) is 0. The monoisotopic (exact) mass is 372 g/mol. The highest BCUT2D eigenvalue weighted by molar-refractivity contribution is 6.36. The van der Waals surface area contributed by atoms with E-state index in [-0.39, 0.29) is 17.2 Å². The molecule has 0 saturated carbocycles. The van der Waals surface area contributed by atoms with Gasteiger partial charge in [0.15, 0.2) is 0 Å². The van der Waals surface area contributed by atoms with Crippen LogP contribution in [0.2, 0.25) is 5.02 Å². The Kier molecular flexibility index (Phi) is 4.86. The summed E-state index contributed by atoms with van der Waals surface area (Å²) in [6, 6.07) is 11.9. The number of methoxy groups -OCH3 is 2. The Morgan fingerprint density at radius 3 is 2.04 bits per heavy atom. The number of ether oxygens (including phenoxy) is 2. The summed E-state index contributed by atoms with van der Waals surface area (Å²) in [5.41, 5.74) is 1.65. The molecule has 2 aromatic carbocycles. The van der Waals surface area contributed by atoms with Crippen LogP contribution in [0.15, 0.2) is 48.2 Å². The highest BCUT2D eigenvalue weighted by atomic mass is 35.5. The molecule has 0 aromatic heterocycles. The van der Waals surface area contributed by atoms with Crippen molar-refractivity contribution in [3.05, 3.63) is 58.7 Å². The van der Waals surface area contributed by atoms with Gasteiger partial charge in [0.25, 0.3) is 11.8 Å². The van der Waals surface area contributed by atoms with Gasteiger partial charge >= 0.3 is 0 Å². The number of halogens is 1. The molecule has 0 atom stereocenters. The standard InChI is InChI=1S/C19H17ClN2O4/c1-22-18(23)16(11-4-6-12(20)7-5-11)17(19(22)24)21-13-8-14(25-2)10-15(9-13)26-3/h4-10,21H,1-3H3. The van der Waals surface area contributed by atoms with Crippen LogP contribution in [0.4, 0.5) is 5.69 Å². The van der Waals surface area contributed by atoms with Crippen LogP contribution in [-0.2, 0) is 9.59 Å². The molecule has 1 aliphatic rings. The number of rotatable bonds is 5. The number of hydrogen-bond donors (Lipinski definition) is 1. The van der Waals surface area contributed by atoms with Gasteiger partial charge in [-0.25, -0.2) is 0 Å². The molecule has 134 valence electrons. The predicted molar refractivity (Wildman–Crippen MR) is 99.3 cm³/mol. The van der Waals surface area contributed by atoms with Crippen molar-refractivity contribution < 1.29 is 19.1 Å². The van der Waals surface area contributed by atoms with Gasteiger partial charge in [0.1, 0.15) is 17.2 Å². The number of carbonyl (C=O) groups excluding carboxylic acids is 2. The summed E-state index contributed by atoms with van der Waals surface area (Å²) in [6.07, 6.45) is 0. The first-order chi connectivity index (χ1) is 12.4. The van der Waals surface area contributed by atoms with Crippen molar-refractivity contribution in [3.63, 3.8) is 0 Å². The second kappa shape index (κ2) is 7.09. The van der Waals surface area contributed by atoms with E-state index in [0.717, 1.165) is 4.90 Å². The van der Waals surface area contributed by atoms with Gasteiger partial charge in [0.05, 0.1) is 19.8 Å². The lowest BCUT2D eigenvalue weighted by Crippen LogP contribution is -2.27. The summed E-state index contributed by atoms with van der Waals surface area (Å²) < 4.78 is 10.5. The lowest BCUT2D eigenvalue weighted by atomic mass is 10.0. The van der Waals surface area contributed by atoms with E-state index in [1.54, 1.807) is 42.5 Å². The molecule has 3 rings (SSSR count). The van der Waals surface area contributed by atoms with Gasteiger partial charge < -0.3 is 14.8 Å². The van der Waals surface area contributed by atoms with Crippen LogP contribution in [0.3, 0.4) is 0 Å². The van der Waals surface area contributed by atoms with Gasteiger partial charge in [-0.1, -0.05) is 23.7 Å². The SMILES string of the molecule is COc1cc(NC2=C(c3ccc(Cl)cc3)C(=O)N(C)C2=O)cc(OC)c1. The van der Waals surface area contributed by atoms with Crippen molar-refractivity contribution in [3.8, 4) is 11.5 Å². The molecular formula is C19H17ClN2O4. The molecule has 0 saturated heterocycles. The summed E-state index contributed by atoms with van der Waals surface area (Å²) in [5.74, 6) is 0.327. The summed E-state index contributed by atoms with van der Waals surface area (Å²) >= 11 is 5.92. The number of benzene rings is 2. The molecule has 0 aliphatic carbocycles. The Labute approximate surface area is 156 Å². The summed E-state index contributed by atoms with van der Waals surface area (Å²) in [4.78, 5) is 26.2. The average molecular weight is 373 g/mol. The van der Waals surface area contributed by atoms with E-state index in [4.69, 9.17) is 21.1 Å². The number of imide groups is 1. The zero-order valence-corrected chi connectivity index (χ0v) is 15.3. The van der Waals surface area contributed by atoms with Crippen molar-refractivity contribution in [2.45, 2.75) is 0 Å². The van der Waals surface area contributed by atoms with Crippen molar-refractivity contribution >= 4 is 34.7 Å². The first-order valence-electron chi connectivity index (χ1n) is 7.77. The van der Waals surface area contributed by atoms with Gasteiger partial charge in [-0.2, -0.15) is 0 Å². The lowest BCUT2D eigenvalue weighted by molar-refractivity contribution is -0.135. The van der Waals surface area contributed by atoms with Crippen LogP contribution in [0.1, 0.15) is 5.56 Å². The van der Waals surface area contributed by atoms with Gasteiger partial charge in [-0.05, 0) is 17.7 Å². The van der Waals surface area contributed by atoms with Crippen LogP contribution in [0.25, 0.3) is 5.57 Å². The minimum Gasteiger partial charge on any atom is -0.497 e. The normalized spacial score (nSPS) is 14.1. The largest absolute Gasteiger partial charge is 0.497 e. The van der Waals surface area contributed by atoms with Crippen LogP contribution >= 0.6 is 11.6 Å². The van der Waals surface area contributed by atoms with Crippen LogP contribution in [0, 0.1) is 0 Å². The van der Waals surface area contributed by atoms with Gasteiger partial charge in [-0.15, -0.1) is 0 Å². The summed E-state index contributed by atoms with van der Waals surface area (Å²) in [7, 11) is 4.52. The van der Waals surface area contributed by atoms with Crippen molar-refractivity contribution in [2.75, 3.05) is 26.6 Å². The fourth-order valence-corrected chi connectivity index (χ4v) is 2.79. The van der Waals surface area contributed by atoms with E-state index in [9.17, 15) is 9.59 Å². The van der Waals surface area contributed by atoms with Crippen LogP contribution < -0.4 is 14.8 Å². The molecule has 26 heavy (non-hydrogen) atoms. The maximum Gasteiger partial charge on any atom is 0.277 e. The van der Waals surface area contributed by atoms with Gasteiger partial charge in [0.2, 0.25) is 0 Å². The third kappa shape index (κ3) is 3.23. The van der Waals surface area contributed by atoms with E-state index >= 15 is 0 Å². The van der Waals surface area contributed by atoms with E-state index < -0.39 is 5.91 Å². The Morgan fingerprint density at radius 1 is 0.923 bits per heavy atom. The fraction of sp³-hybridized carbons (Fsp3) is 0.158. The average Bonchev–Trinajstić information content (AvgIpc) is 2.86. The quantitative estimate of drug-likeness (QED) is 0.816. The molecule has 0 unspecified atom stereocenters. The number of likely N-dealkylation sites (N-methyl/N-ethyl adjacent to an activating group) is 1. The predicted octanol–water partition coefficient (Wildman–Crippen LogP) is 3.18. The summed E-state index contributed by atoms with van der Waals surface area (Å²) in [5, 5.41) is 3.59. The topological polar surface area (TPSA) is 67.9 Å². The minimum absolute atomic E-state index is 0.190. The molecule has 2 aromatic rings.